The Morgan fingerprint density at radius 1 is 1.58 bits per heavy atom. The van der Waals surface area contributed by atoms with Crippen molar-refractivity contribution in [2.75, 3.05) is 13.1 Å². The van der Waals surface area contributed by atoms with Crippen LogP contribution in [0.1, 0.15) is 25.8 Å². The fraction of sp³-hybridized carbons (Fsp3) is 0.500. The Hall–Kier alpha value is -1.93. The molecule has 0 aliphatic rings. The molecule has 1 N–H and O–H groups in total. The molecule has 1 heterocycles. The molecule has 0 saturated carbocycles. The molecule has 1 rings (SSSR count). The van der Waals surface area contributed by atoms with Crippen molar-refractivity contribution in [3.05, 3.63) is 30.1 Å². The second kappa shape index (κ2) is 6.86. The van der Waals surface area contributed by atoms with Gasteiger partial charge >= 0.3 is 5.97 Å². The molecule has 0 atom stereocenters. The van der Waals surface area contributed by atoms with Crippen LogP contribution in [0.3, 0.4) is 0 Å². The maximum atomic E-state index is 11.2. The topological polar surface area (TPSA) is 77.2 Å². The highest BCUT2D eigenvalue weighted by atomic mass is 16.4. The Labute approximate surface area is 113 Å². The van der Waals surface area contributed by atoms with Crippen molar-refractivity contribution in [1.29, 1.82) is 5.26 Å². The quantitative estimate of drug-likeness (QED) is 0.811. The number of pyridine rings is 1. The molecule has 0 aliphatic heterocycles. The van der Waals surface area contributed by atoms with Crippen LogP contribution in [-0.2, 0) is 11.3 Å². The lowest BCUT2D eigenvalue weighted by Crippen LogP contribution is -2.39. The van der Waals surface area contributed by atoms with E-state index in [9.17, 15) is 9.90 Å². The van der Waals surface area contributed by atoms with Gasteiger partial charge in [-0.25, -0.2) is 0 Å². The van der Waals surface area contributed by atoms with E-state index in [4.69, 9.17) is 5.26 Å². The maximum Gasteiger partial charge on any atom is 0.310 e. The molecular weight excluding hydrogens is 242 g/mol. The SMILES string of the molecule is CC(C)(CN(CCC#N)Cc1cccnc1)C(=O)O. The fourth-order valence-corrected chi connectivity index (χ4v) is 1.80. The number of hydrogen-bond acceptors (Lipinski definition) is 4. The number of hydrogen-bond donors (Lipinski definition) is 1. The number of carbonyl (C=O) groups is 1. The van der Waals surface area contributed by atoms with Crippen molar-refractivity contribution in [3.8, 4) is 6.07 Å². The van der Waals surface area contributed by atoms with E-state index in [1.807, 2.05) is 17.0 Å². The monoisotopic (exact) mass is 261 g/mol. The van der Waals surface area contributed by atoms with E-state index < -0.39 is 11.4 Å². The van der Waals surface area contributed by atoms with Crippen molar-refractivity contribution in [2.24, 2.45) is 5.41 Å². The maximum absolute atomic E-state index is 11.2. The first kappa shape index (κ1) is 15.1. The lowest BCUT2D eigenvalue weighted by molar-refractivity contribution is -0.148. The van der Waals surface area contributed by atoms with Crippen molar-refractivity contribution in [2.45, 2.75) is 26.8 Å². The van der Waals surface area contributed by atoms with E-state index in [2.05, 4.69) is 11.1 Å². The van der Waals surface area contributed by atoms with Gasteiger partial charge in [0.25, 0.3) is 0 Å². The second-order valence-corrected chi connectivity index (χ2v) is 5.17. The first-order chi connectivity index (χ1) is 8.95. The normalized spacial score (nSPS) is 11.3. The van der Waals surface area contributed by atoms with Crippen LogP contribution in [0, 0.1) is 16.7 Å². The molecule has 102 valence electrons. The van der Waals surface area contributed by atoms with Gasteiger partial charge in [0.05, 0.1) is 11.5 Å². The van der Waals surface area contributed by atoms with Crippen LogP contribution in [0.15, 0.2) is 24.5 Å². The van der Waals surface area contributed by atoms with E-state index in [0.29, 0.717) is 26.1 Å². The van der Waals surface area contributed by atoms with E-state index in [0.717, 1.165) is 5.56 Å². The second-order valence-electron chi connectivity index (χ2n) is 5.17. The van der Waals surface area contributed by atoms with Crippen molar-refractivity contribution in [1.82, 2.24) is 9.88 Å². The van der Waals surface area contributed by atoms with Gasteiger partial charge in [-0.3, -0.25) is 14.7 Å². The third kappa shape index (κ3) is 5.06. The van der Waals surface area contributed by atoms with Crippen LogP contribution < -0.4 is 0 Å². The van der Waals surface area contributed by atoms with Crippen molar-refractivity contribution in [3.63, 3.8) is 0 Å². The van der Waals surface area contributed by atoms with E-state index in [1.54, 1.807) is 26.2 Å². The summed E-state index contributed by atoms with van der Waals surface area (Å²) in [5, 5.41) is 17.9. The highest BCUT2D eigenvalue weighted by Crippen LogP contribution is 2.18. The zero-order chi connectivity index (χ0) is 14.3. The molecule has 0 aromatic carbocycles. The molecule has 0 aliphatic carbocycles. The van der Waals surface area contributed by atoms with Crippen molar-refractivity contribution < 1.29 is 9.90 Å². The Kier molecular flexibility index (Phi) is 5.46. The van der Waals surface area contributed by atoms with Crippen LogP contribution in [-0.4, -0.2) is 34.0 Å². The van der Waals surface area contributed by atoms with Gasteiger partial charge < -0.3 is 5.11 Å². The summed E-state index contributed by atoms with van der Waals surface area (Å²) in [6.45, 7) is 4.95. The number of aromatic nitrogens is 1. The van der Waals surface area contributed by atoms with Gasteiger partial charge in [-0.05, 0) is 25.5 Å². The van der Waals surface area contributed by atoms with Gasteiger partial charge in [0.1, 0.15) is 0 Å². The van der Waals surface area contributed by atoms with Crippen LogP contribution in [0.2, 0.25) is 0 Å². The minimum atomic E-state index is -0.836. The smallest absolute Gasteiger partial charge is 0.310 e. The molecule has 5 nitrogen and oxygen atoms in total. The summed E-state index contributed by atoms with van der Waals surface area (Å²) in [7, 11) is 0. The fourth-order valence-electron chi connectivity index (χ4n) is 1.80. The molecule has 0 spiro atoms. The molecule has 0 bridgehead atoms. The molecule has 19 heavy (non-hydrogen) atoms. The minimum Gasteiger partial charge on any atom is -0.481 e. The predicted octanol–water partition coefficient (Wildman–Crippen LogP) is 1.91. The van der Waals surface area contributed by atoms with Gasteiger partial charge in [-0.1, -0.05) is 6.07 Å². The minimum absolute atomic E-state index is 0.385. The first-order valence-corrected chi connectivity index (χ1v) is 6.17. The average molecular weight is 261 g/mol. The molecule has 0 saturated heterocycles. The lowest BCUT2D eigenvalue weighted by atomic mass is 9.93. The number of nitriles is 1. The summed E-state index contributed by atoms with van der Waals surface area (Å²) >= 11 is 0. The van der Waals surface area contributed by atoms with Gasteiger partial charge in [0.2, 0.25) is 0 Å². The lowest BCUT2D eigenvalue weighted by Gasteiger charge is -2.29. The number of nitrogens with zero attached hydrogens (tertiary/aromatic N) is 3. The molecule has 1 aromatic heterocycles. The van der Waals surface area contributed by atoms with Gasteiger partial charge in [0, 0.05) is 38.4 Å². The Morgan fingerprint density at radius 3 is 2.84 bits per heavy atom. The van der Waals surface area contributed by atoms with Gasteiger partial charge in [-0.15, -0.1) is 0 Å². The molecule has 0 amide bonds. The summed E-state index contributed by atoms with van der Waals surface area (Å²) in [4.78, 5) is 17.2. The highest BCUT2D eigenvalue weighted by molar-refractivity contribution is 5.73. The molecule has 0 radical (unpaired) electrons. The summed E-state index contributed by atoms with van der Waals surface area (Å²) in [5.74, 6) is -0.833. The molecule has 5 heteroatoms. The van der Waals surface area contributed by atoms with Gasteiger partial charge in [0.15, 0.2) is 0 Å². The largest absolute Gasteiger partial charge is 0.481 e. The molecular formula is C14H19N3O2. The van der Waals surface area contributed by atoms with E-state index in [-0.39, 0.29) is 0 Å². The summed E-state index contributed by atoms with van der Waals surface area (Å²) in [6, 6.07) is 5.89. The van der Waals surface area contributed by atoms with Crippen LogP contribution in [0.25, 0.3) is 0 Å². The standard InChI is InChI=1S/C14H19N3O2/c1-14(2,13(18)19)11-17(8-4-6-15)10-12-5-3-7-16-9-12/h3,5,7,9H,4,8,10-11H2,1-2H3,(H,18,19). The summed E-state index contributed by atoms with van der Waals surface area (Å²) in [5.41, 5.74) is 0.180. The highest BCUT2D eigenvalue weighted by Gasteiger charge is 2.29. The first-order valence-electron chi connectivity index (χ1n) is 6.17. The number of rotatable bonds is 7. The number of carboxylic acids is 1. The zero-order valence-corrected chi connectivity index (χ0v) is 11.3. The van der Waals surface area contributed by atoms with Crippen LogP contribution in [0.4, 0.5) is 0 Å². The third-order valence-corrected chi connectivity index (χ3v) is 2.87. The Bertz CT molecular complexity index is 452. The van der Waals surface area contributed by atoms with E-state index in [1.165, 1.54) is 0 Å². The molecule has 0 unspecified atom stereocenters. The van der Waals surface area contributed by atoms with E-state index >= 15 is 0 Å². The third-order valence-electron chi connectivity index (χ3n) is 2.87. The van der Waals surface area contributed by atoms with Gasteiger partial charge in [-0.2, -0.15) is 5.26 Å². The average Bonchev–Trinajstić information content (AvgIpc) is 2.36. The zero-order valence-electron chi connectivity index (χ0n) is 11.3. The van der Waals surface area contributed by atoms with Crippen LogP contribution in [0.5, 0.6) is 0 Å². The van der Waals surface area contributed by atoms with Crippen LogP contribution >= 0.6 is 0 Å². The number of aliphatic carboxylic acids is 1. The Balaban J connectivity index is 2.72. The summed E-state index contributed by atoms with van der Waals surface area (Å²) < 4.78 is 0. The molecule has 1 aromatic rings. The van der Waals surface area contributed by atoms with Crippen molar-refractivity contribution >= 4 is 5.97 Å². The predicted molar refractivity (Wildman–Crippen MR) is 71.2 cm³/mol. The Morgan fingerprint density at radius 2 is 2.32 bits per heavy atom. The summed E-state index contributed by atoms with van der Waals surface area (Å²) in [6.07, 6.45) is 3.84. The molecule has 0 fully saturated rings. The number of carboxylic acid groups (broad SMARTS) is 1.